The summed E-state index contributed by atoms with van der Waals surface area (Å²) in [7, 11) is 1.72. The zero-order chi connectivity index (χ0) is 21.6. The summed E-state index contributed by atoms with van der Waals surface area (Å²) in [6.45, 7) is 5.75. The number of unbranched alkanes of at least 4 members (excludes halogenated alkanes) is 1. The molecule has 1 fully saturated rings. The van der Waals surface area contributed by atoms with Crippen molar-refractivity contribution in [3.05, 3.63) is 53.6 Å². The molecule has 2 amide bonds. The molecule has 0 aromatic heterocycles. The van der Waals surface area contributed by atoms with Crippen LogP contribution in [0.4, 0.5) is 11.4 Å². The van der Waals surface area contributed by atoms with E-state index >= 15 is 0 Å². The summed E-state index contributed by atoms with van der Waals surface area (Å²) in [6.07, 6.45) is 2.39. The van der Waals surface area contributed by atoms with Gasteiger partial charge in [-0.1, -0.05) is 18.2 Å². The lowest BCUT2D eigenvalue weighted by Crippen LogP contribution is -2.46. The monoisotopic (exact) mass is 422 g/mol. The van der Waals surface area contributed by atoms with Crippen LogP contribution in [0, 0.1) is 0 Å². The fraction of sp³-hybridized carbons (Fsp3) is 0.417. The van der Waals surface area contributed by atoms with Crippen LogP contribution in [0.25, 0.3) is 0 Å². The van der Waals surface area contributed by atoms with Crippen LogP contribution >= 0.6 is 0 Å². The highest BCUT2D eigenvalue weighted by Gasteiger charge is 2.20. The van der Waals surface area contributed by atoms with Crippen molar-refractivity contribution in [1.82, 2.24) is 10.2 Å². The maximum Gasteiger partial charge on any atom is 0.251 e. The van der Waals surface area contributed by atoms with E-state index in [9.17, 15) is 9.59 Å². The van der Waals surface area contributed by atoms with Crippen molar-refractivity contribution in [3.8, 4) is 5.75 Å². The molecule has 2 N–H and O–H groups in total. The van der Waals surface area contributed by atoms with Gasteiger partial charge in [0.2, 0.25) is 5.91 Å². The number of ether oxygens (including phenoxy) is 1. The Labute approximate surface area is 183 Å². The van der Waals surface area contributed by atoms with Gasteiger partial charge in [-0.05, 0) is 49.2 Å². The minimum atomic E-state index is -0.0885. The van der Waals surface area contributed by atoms with Gasteiger partial charge < -0.3 is 20.3 Å². The number of fused-ring (bicyclic) bond motifs is 1. The summed E-state index contributed by atoms with van der Waals surface area (Å²) in [5.74, 6) is 0.822. The number of piperazine rings is 1. The molecule has 2 aliphatic heterocycles. The molecule has 0 aliphatic carbocycles. The molecule has 31 heavy (non-hydrogen) atoms. The van der Waals surface area contributed by atoms with Gasteiger partial charge >= 0.3 is 0 Å². The third-order valence-electron chi connectivity index (χ3n) is 5.98. The highest BCUT2D eigenvalue weighted by Crippen LogP contribution is 2.28. The van der Waals surface area contributed by atoms with Gasteiger partial charge in [-0.2, -0.15) is 0 Å². The Kier molecular flexibility index (Phi) is 6.72. The van der Waals surface area contributed by atoms with Crippen LogP contribution in [0.1, 0.15) is 28.8 Å². The summed E-state index contributed by atoms with van der Waals surface area (Å²) in [5.41, 5.74) is 3.46. The van der Waals surface area contributed by atoms with Gasteiger partial charge in [-0.15, -0.1) is 0 Å². The maximum atomic E-state index is 12.4. The van der Waals surface area contributed by atoms with E-state index < -0.39 is 0 Å². The number of amides is 2. The highest BCUT2D eigenvalue weighted by molar-refractivity contribution is 6.02. The number of para-hydroxylation sites is 2. The Morgan fingerprint density at radius 3 is 2.71 bits per heavy atom. The second-order valence-electron chi connectivity index (χ2n) is 8.06. The van der Waals surface area contributed by atoms with Crippen molar-refractivity contribution in [3.63, 3.8) is 0 Å². The standard InChI is InChI=1S/C24H30N4O3/c1-31-22-7-3-2-6-21(22)28-14-12-27(13-15-28)11-5-4-10-25-24(30)19-9-8-18-17-23(29)26-20(18)16-19/h2-3,6-9,16H,4-5,10-15,17H2,1H3,(H,25,30)(H,26,29). The molecule has 0 spiro atoms. The Morgan fingerprint density at radius 1 is 1.10 bits per heavy atom. The van der Waals surface area contributed by atoms with E-state index in [2.05, 4.69) is 32.6 Å². The average molecular weight is 423 g/mol. The molecule has 164 valence electrons. The number of methoxy groups -OCH3 is 1. The van der Waals surface area contributed by atoms with Gasteiger partial charge in [0.25, 0.3) is 5.91 Å². The lowest BCUT2D eigenvalue weighted by atomic mass is 10.1. The van der Waals surface area contributed by atoms with Crippen LogP contribution in [0.5, 0.6) is 5.75 Å². The Hall–Kier alpha value is -3.06. The van der Waals surface area contributed by atoms with Gasteiger partial charge in [-0.3, -0.25) is 14.5 Å². The molecule has 0 unspecified atom stereocenters. The van der Waals surface area contributed by atoms with Gasteiger partial charge in [0.05, 0.1) is 19.2 Å². The van der Waals surface area contributed by atoms with Gasteiger partial charge in [-0.25, -0.2) is 0 Å². The first-order valence-corrected chi connectivity index (χ1v) is 11.0. The minimum absolute atomic E-state index is 0.0173. The number of rotatable bonds is 8. The molecular formula is C24H30N4O3. The third kappa shape index (κ3) is 5.17. The fourth-order valence-corrected chi connectivity index (χ4v) is 4.22. The molecule has 0 bridgehead atoms. The first-order chi connectivity index (χ1) is 15.1. The van der Waals surface area contributed by atoms with Gasteiger partial charge in [0, 0.05) is 44.0 Å². The summed E-state index contributed by atoms with van der Waals surface area (Å²) in [6, 6.07) is 13.6. The Morgan fingerprint density at radius 2 is 1.90 bits per heavy atom. The zero-order valence-electron chi connectivity index (χ0n) is 18.0. The number of nitrogens with one attached hydrogen (secondary N) is 2. The summed E-state index contributed by atoms with van der Waals surface area (Å²) in [4.78, 5) is 28.7. The molecule has 7 nitrogen and oxygen atoms in total. The van der Waals surface area contributed by atoms with E-state index in [0.717, 1.165) is 62.6 Å². The molecule has 4 rings (SSSR count). The lowest BCUT2D eigenvalue weighted by Gasteiger charge is -2.36. The topological polar surface area (TPSA) is 73.9 Å². The van der Waals surface area contributed by atoms with Gasteiger partial charge in [0.1, 0.15) is 5.75 Å². The van der Waals surface area contributed by atoms with E-state index in [0.29, 0.717) is 18.5 Å². The Bertz CT molecular complexity index is 938. The number of benzene rings is 2. The molecular weight excluding hydrogens is 392 g/mol. The van der Waals surface area contributed by atoms with Crippen molar-refractivity contribution in [2.45, 2.75) is 19.3 Å². The van der Waals surface area contributed by atoms with Crippen LogP contribution in [-0.2, 0) is 11.2 Å². The van der Waals surface area contributed by atoms with Crippen LogP contribution < -0.4 is 20.3 Å². The molecule has 2 aromatic rings. The van der Waals surface area contributed by atoms with Crippen molar-refractivity contribution in [1.29, 1.82) is 0 Å². The van der Waals surface area contributed by atoms with Crippen LogP contribution in [0.2, 0.25) is 0 Å². The third-order valence-corrected chi connectivity index (χ3v) is 5.98. The van der Waals surface area contributed by atoms with E-state index in [1.807, 2.05) is 18.2 Å². The number of hydrogen-bond donors (Lipinski definition) is 2. The maximum absolute atomic E-state index is 12.4. The number of carbonyl (C=O) groups excluding carboxylic acids is 2. The van der Waals surface area contributed by atoms with E-state index in [-0.39, 0.29) is 11.8 Å². The molecule has 1 saturated heterocycles. The number of carbonyl (C=O) groups is 2. The number of hydrogen-bond acceptors (Lipinski definition) is 5. The van der Waals surface area contributed by atoms with Crippen molar-refractivity contribution in [2.24, 2.45) is 0 Å². The Balaban J connectivity index is 1.14. The molecule has 0 atom stereocenters. The van der Waals surface area contributed by atoms with E-state index in [1.54, 1.807) is 19.2 Å². The average Bonchev–Trinajstić information content (AvgIpc) is 3.18. The first-order valence-electron chi connectivity index (χ1n) is 11.0. The fourth-order valence-electron chi connectivity index (χ4n) is 4.22. The summed E-state index contributed by atoms with van der Waals surface area (Å²) >= 11 is 0. The lowest BCUT2D eigenvalue weighted by molar-refractivity contribution is -0.115. The molecule has 2 aliphatic rings. The normalized spacial score (nSPS) is 16.0. The zero-order valence-corrected chi connectivity index (χ0v) is 18.0. The summed E-state index contributed by atoms with van der Waals surface area (Å²) in [5, 5.41) is 5.78. The van der Waals surface area contributed by atoms with E-state index in [4.69, 9.17) is 4.74 Å². The molecule has 0 radical (unpaired) electrons. The number of anilines is 2. The quantitative estimate of drug-likeness (QED) is 0.640. The van der Waals surface area contributed by atoms with Crippen LogP contribution in [0.15, 0.2) is 42.5 Å². The molecule has 7 heteroatoms. The van der Waals surface area contributed by atoms with Gasteiger partial charge in [0.15, 0.2) is 0 Å². The SMILES string of the molecule is COc1ccccc1N1CCN(CCCCNC(=O)c2ccc3c(c2)NC(=O)C3)CC1. The second-order valence-corrected chi connectivity index (χ2v) is 8.06. The van der Waals surface area contributed by atoms with E-state index in [1.165, 1.54) is 5.69 Å². The smallest absolute Gasteiger partial charge is 0.251 e. The first kappa shape index (κ1) is 21.2. The molecule has 2 aromatic carbocycles. The van der Waals surface area contributed by atoms with Crippen LogP contribution in [-0.4, -0.2) is 63.1 Å². The predicted molar refractivity (Wildman–Crippen MR) is 122 cm³/mol. The predicted octanol–water partition coefficient (Wildman–Crippen LogP) is 2.52. The van der Waals surface area contributed by atoms with Crippen molar-refractivity contribution < 1.29 is 14.3 Å². The molecule has 2 heterocycles. The second kappa shape index (κ2) is 9.83. The van der Waals surface area contributed by atoms with Crippen molar-refractivity contribution >= 4 is 23.2 Å². The molecule has 0 saturated carbocycles. The van der Waals surface area contributed by atoms with Crippen molar-refractivity contribution in [2.75, 3.05) is 56.6 Å². The van der Waals surface area contributed by atoms with Crippen LogP contribution in [0.3, 0.4) is 0 Å². The minimum Gasteiger partial charge on any atom is -0.495 e. The number of nitrogens with zero attached hydrogens (tertiary/aromatic N) is 2. The highest BCUT2D eigenvalue weighted by atomic mass is 16.5. The summed E-state index contributed by atoms with van der Waals surface area (Å²) < 4.78 is 5.49. The largest absolute Gasteiger partial charge is 0.495 e.